The number of rotatable bonds is 8. The molecule has 4 rings (SSSR count). The highest BCUT2D eigenvalue weighted by Crippen LogP contribution is 2.30. The Balaban J connectivity index is 1.56. The number of amides is 2. The van der Waals surface area contributed by atoms with Gasteiger partial charge in [0.15, 0.2) is 5.82 Å². The molecule has 1 fully saturated rings. The molecule has 0 aliphatic carbocycles. The monoisotopic (exact) mass is 451 g/mol. The van der Waals surface area contributed by atoms with Crippen LogP contribution in [0.15, 0.2) is 42.7 Å². The first kappa shape index (κ1) is 22.8. The maximum atomic E-state index is 12.9. The van der Waals surface area contributed by atoms with E-state index in [0.29, 0.717) is 29.5 Å². The van der Waals surface area contributed by atoms with Crippen molar-refractivity contribution in [2.24, 2.45) is 0 Å². The molecule has 0 unspecified atom stereocenters. The normalized spacial score (nSPS) is 16.2. The van der Waals surface area contributed by atoms with Crippen LogP contribution in [0.25, 0.3) is 16.9 Å². The van der Waals surface area contributed by atoms with Gasteiger partial charge in [-0.3, -0.25) is 10.2 Å². The van der Waals surface area contributed by atoms with Crippen molar-refractivity contribution in [3.05, 3.63) is 54.1 Å². The summed E-state index contributed by atoms with van der Waals surface area (Å²) < 4.78 is 6.86. The van der Waals surface area contributed by atoms with Crippen molar-refractivity contribution >= 4 is 11.8 Å². The minimum absolute atomic E-state index is 0.0779. The van der Waals surface area contributed by atoms with Crippen LogP contribution in [0, 0.1) is 6.92 Å². The number of hydrogen-bond donors (Lipinski definition) is 3. The summed E-state index contributed by atoms with van der Waals surface area (Å²) in [5.41, 5.74) is 2.97. The Kier molecular flexibility index (Phi) is 7.28. The van der Waals surface area contributed by atoms with Crippen LogP contribution in [0.5, 0.6) is 0 Å². The van der Waals surface area contributed by atoms with E-state index in [4.69, 9.17) is 9.84 Å². The number of urea groups is 1. The van der Waals surface area contributed by atoms with E-state index in [9.17, 15) is 9.90 Å². The fourth-order valence-electron chi connectivity index (χ4n) is 3.93. The molecule has 0 saturated carbocycles. The van der Waals surface area contributed by atoms with Gasteiger partial charge in [0, 0.05) is 56.3 Å². The van der Waals surface area contributed by atoms with Gasteiger partial charge in [-0.1, -0.05) is 18.2 Å². The average Bonchev–Trinajstić information content (AvgIpc) is 3.42. The zero-order chi connectivity index (χ0) is 23.2. The number of aliphatic hydroxyl groups is 1. The molecular formula is C23H29N7O3. The molecule has 10 heteroatoms. The Labute approximate surface area is 192 Å². The molecule has 3 aromatic rings. The van der Waals surface area contributed by atoms with E-state index in [1.807, 2.05) is 37.3 Å². The standard InChI is InChI=1S/C23H29N7O3/c1-16-21(17-12-24-20(15-31)25-13-17)28-30(19-6-4-3-5-7-19)22(16)27-23(32)26-18-8-9-29(14-18)10-11-33-2/h3-7,12-13,18,31H,8-11,14-15H2,1-2H3,(H2,26,27,32)/t18-/m0/s1. The number of aliphatic hydroxyl groups excluding tert-OH is 1. The first-order valence-corrected chi connectivity index (χ1v) is 10.9. The van der Waals surface area contributed by atoms with Gasteiger partial charge in [-0.05, 0) is 25.5 Å². The SMILES string of the molecule is COCCN1CC[C@H](NC(=O)Nc2c(C)c(-c3cnc(CO)nc3)nn2-c2ccccc2)C1. The topological polar surface area (TPSA) is 117 Å². The maximum absolute atomic E-state index is 12.9. The summed E-state index contributed by atoms with van der Waals surface area (Å²) in [4.78, 5) is 23.5. The highest BCUT2D eigenvalue weighted by Gasteiger charge is 2.25. The number of ether oxygens (including phenoxy) is 1. The smallest absolute Gasteiger partial charge is 0.320 e. The van der Waals surface area contributed by atoms with Gasteiger partial charge in [-0.25, -0.2) is 19.4 Å². The lowest BCUT2D eigenvalue weighted by molar-refractivity contribution is 0.160. The van der Waals surface area contributed by atoms with Gasteiger partial charge < -0.3 is 15.2 Å². The maximum Gasteiger partial charge on any atom is 0.320 e. The van der Waals surface area contributed by atoms with E-state index in [0.717, 1.165) is 37.3 Å². The number of methoxy groups -OCH3 is 1. The first-order valence-electron chi connectivity index (χ1n) is 10.9. The fourth-order valence-corrected chi connectivity index (χ4v) is 3.93. The molecule has 174 valence electrons. The molecule has 10 nitrogen and oxygen atoms in total. The molecule has 1 atom stereocenters. The van der Waals surface area contributed by atoms with Crippen molar-refractivity contribution in [3.8, 4) is 16.9 Å². The molecular weight excluding hydrogens is 422 g/mol. The highest BCUT2D eigenvalue weighted by atomic mass is 16.5. The predicted octanol–water partition coefficient (Wildman–Crippen LogP) is 1.97. The van der Waals surface area contributed by atoms with E-state index >= 15 is 0 Å². The molecule has 2 aromatic heterocycles. The minimum Gasteiger partial charge on any atom is -0.388 e. The third-order valence-corrected chi connectivity index (χ3v) is 5.69. The molecule has 1 aliphatic heterocycles. The number of aromatic nitrogens is 4. The molecule has 1 saturated heterocycles. The number of carbonyl (C=O) groups is 1. The Morgan fingerprint density at radius 1 is 1.24 bits per heavy atom. The lowest BCUT2D eigenvalue weighted by atomic mass is 10.1. The van der Waals surface area contributed by atoms with E-state index in [2.05, 4.69) is 25.5 Å². The van der Waals surface area contributed by atoms with Crippen LogP contribution in [0.3, 0.4) is 0 Å². The number of benzene rings is 1. The largest absolute Gasteiger partial charge is 0.388 e. The number of likely N-dealkylation sites (tertiary alicyclic amines) is 1. The Hall–Kier alpha value is -3.34. The van der Waals surface area contributed by atoms with Crippen LogP contribution < -0.4 is 10.6 Å². The summed E-state index contributed by atoms with van der Waals surface area (Å²) in [6.07, 6.45) is 4.15. The van der Waals surface area contributed by atoms with Crippen molar-refractivity contribution in [3.63, 3.8) is 0 Å². The van der Waals surface area contributed by atoms with Gasteiger partial charge >= 0.3 is 6.03 Å². The minimum atomic E-state index is -0.271. The van der Waals surface area contributed by atoms with Gasteiger partial charge in [0.2, 0.25) is 0 Å². The van der Waals surface area contributed by atoms with E-state index in [1.165, 1.54) is 0 Å². The Bertz CT molecular complexity index is 1070. The fraction of sp³-hybridized carbons (Fsp3) is 0.391. The second kappa shape index (κ2) is 10.5. The third-order valence-electron chi connectivity index (χ3n) is 5.69. The average molecular weight is 452 g/mol. The number of para-hydroxylation sites is 1. The number of nitrogens with zero attached hydrogens (tertiary/aromatic N) is 5. The van der Waals surface area contributed by atoms with Gasteiger partial charge in [0.25, 0.3) is 0 Å². The van der Waals surface area contributed by atoms with Crippen LogP contribution in [-0.4, -0.2) is 75.2 Å². The third kappa shape index (κ3) is 5.36. The predicted molar refractivity (Wildman–Crippen MR) is 124 cm³/mol. The van der Waals surface area contributed by atoms with Crippen LogP contribution >= 0.6 is 0 Å². The van der Waals surface area contributed by atoms with Crippen LogP contribution in [0.2, 0.25) is 0 Å². The van der Waals surface area contributed by atoms with Crippen LogP contribution in [-0.2, 0) is 11.3 Å². The van der Waals surface area contributed by atoms with Crippen molar-refractivity contribution in [2.45, 2.75) is 26.0 Å². The van der Waals surface area contributed by atoms with Crippen molar-refractivity contribution in [1.82, 2.24) is 30.0 Å². The van der Waals surface area contributed by atoms with E-state index in [-0.39, 0.29) is 18.7 Å². The second-order valence-electron chi connectivity index (χ2n) is 7.99. The van der Waals surface area contributed by atoms with Gasteiger partial charge in [-0.2, -0.15) is 5.10 Å². The lowest BCUT2D eigenvalue weighted by Crippen LogP contribution is -2.40. The van der Waals surface area contributed by atoms with Crippen molar-refractivity contribution in [2.75, 3.05) is 38.7 Å². The van der Waals surface area contributed by atoms with Crippen molar-refractivity contribution < 1.29 is 14.6 Å². The Morgan fingerprint density at radius 3 is 2.70 bits per heavy atom. The first-order chi connectivity index (χ1) is 16.1. The summed E-state index contributed by atoms with van der Waals surface area (Å²) in [7, 11) is 1.69. The highest BCUT2D eigenvalue weighted by molar-refractivity contribution is 5.91. The van der Waals surface area contributed by atoms with Gasteiger partial charge in [0.05, 0.1) is 12.3 Å². The molecule has 33 heavy (non-hydrogen) atoms. The molecule has 3 N–H and O–H groups in total. The molecule has 0 bridgehead atoms. The van der Waals surface area contributed by atoms with E-state index in [1.54, 1.807) is 24.2 Å². The summed E-state index contributed by atoms with van der Waals surface area (Å²) in [6, 6.07) is 9.42. The molecule has 1 aliphatic rings. The molecule has 3 heterocycles. The number of nitrogens with one attached hydrogen (secondary N) is 2. The molecule has 2 amide bonds. The summed E-state index contributed by atoms with van der Waals surface area (Å²) in [5.74, 6) is 0.918. The van der Waals surface area contributed by atoms with E-state index < -0.39 is 0 Å². The Morgan fingerprint density at radius 2 is 2.00 bits per heavy atom. The summed E-state index contributed by atoms with van der Waals surface area (Å²) in [5, 5.41) is 20.0. The number of anilines is 1. The zero-order valence-electron chi connectivity index (χ0n) is 18.9. The van der Waals surface area contributed by atoms with Crippen molar-refractivity contribution in [1.29, 1.82) is 0 Å². The zero-order valence-corrected chi connectivity index (χ0v) is 18.9. The van der Waals surface area contributed by atoms with Crippen LogP contribution in [0.4, 0.5) is 10.6 Å². The lowest BCUT2D eigenvalue weighted by Gasteiger charge is -2.17. The molecule has 1 aromatic carbocycles. The van der Waals surface area contributed by atoms with Gasteiger partial charge in [0.1, 0.15) is 18.1 Å². The molecule has 0 radical (unpaired) electrons. The second-order valence-corrected chi connectivity index (χ2v) is 7.99. The molecule has 0 spiro atoms. The summed E-state index contributed by atoms with van der Waals surface area (Å²) >= 11 is 0. The summed E-state index contributed by atoms with van der Waals surface area (Å²) in [6.45, 7) is 4.95. The van der Waals surface area contributed by atoms with Crippen LogP contribution in [0.1, 0.15) is 17.8 Å². The number of hydrogen-bond acceptors (Lipinski definition) is 7. The quantitative estimate of drug-likeness (QED) is 0.479. The van der Waals surface area contributed by atoms with Gasteiger partial charge in [-0.15, -0.1) is 0 Å². The number of carbonyl (C=O) groups excluding carboxylic acids is 1.